The lowest BCUT2D eigenvalue weighted by molar-refractivity contribution is 0.444. The standard InChI is InChI=1S/C67H68BN3/c1-66(2,3)53-29-33-55(34-30-53)70-61-37-27-49(45-19-11-7-12-20-45)39-57(61)68-58-40-50(46-21-13-8-14-22-46)28-38-62(58)71(56-35-31-54(32-36-56)67(4,5)6)64-44-52(43-63(70)65(64)68)60-42-51(47-23-15-9-16-24-47)41-59(69-60)48-25-17-10-18-26-48/h9-10,15-18,23-46H,7-8,11-14,19-22H2,1-6H3. The van der Waals surface area contributed by atoms with Crippen molar-refractivity contribution in [3.8, 4) is 33.6 Å². The molecule has 2 aliphatic carbocycles. The molecule has 8 aromatic rings. The summed E-state index contributed by atoms with van der Waals surface area (Å²) < 4.78 is 0. The predicted molar refractivity (Wildman–Crippen MR) is 304 cm³/mol. The fourth-order valence-electron chi connectivity index (χ4n) is 12.6. The highest BCUT2D eigenvalue weighted by Gasteiger charge is 2.44. The molecule has 354 valence electrons. The summed E-state index contributed by atoms with van der Waals surface area (Å²) in [6.45, 7) is 13.9. The lowest BCUT2D eigenvalue weighted by Gasteiger charge is -2.45. The van der Waals surface area contributed by atoms with Crippen LogP contribution in [-0.2, 0) is 10.8 Å². The van der Waals surface area contributed by atoms with Crippen LogP contribution in [0.15, 0.2) is 170 Å². The Bertz CT molecular complexity index is 3010. The van der Waals surface area contributed by atoms with E-state index in [-0.39, 0.29) is 17.5 Å². The van der Waals surface area contributed by atoms with E-state index in [0.717, 1.165) is 28.1 Å². The lowest BCUT2D eigenvalue weighted by atomic mass is 9.33. The first kappa shape index (κ1) is 45.5. The summed E-state index contributed by atoms with van der Waals surface area (Å²) in [5, 5.41) is 0. The zero-order valence-electron chi connectivity index (χ0n) is 42.8. The summed E-state index contributed by atoms with van der Waals surface area (Å²) in [5.74, 6) is 1.18. The number of anilines is 6. The first-order chi connectivity index (χ1) is 34.5. The number of aromatic nitrogens is 1. The zero-order valence-corrected chi connectivity index (χ0v) is 42.8. The van der Waals surface area contributed by atoms with Crippen molar-refractivity contribution in [3.05, 3.63) is 192 Å². The number of pyridine rings is 1. The maximum Gasteiger partial charge on any atom is 0.252 e. The zero-order chi connectivity index (χ0) is 48.4. The molecule has 0 bridgehead atoms. The third kappa shape index (κ3) is 8.52. The second-order valence-corrected chi connectivity index (χ2v) is 23.3. The van der Waals surface area contributed by atoms with Crippen LogP contribution < -0.4 is 26.2 Å². The highest BCUT2D eigenvalue weighted by molar-refractivity contribution is 7.00. The molecule has 2 saturated carbocycles. The van der Waals surface area contributed by atoms with E-state index in [9.17, 15) is 0 Å². The summed E-state index contributed by atoms with van der Waals surface area (Å²) in [5.41, 5.74) is 23.8. The van der Waals surface area contributed by atoms with Crippen molar-refractivity contribution in [3.63, 3.8) is 0 Å². The molecule has 3 nitrogen and oxygen atoms in total. The molecule has 3 heterocycles. The van der Waals surface area contributed by atoms with Crippen LogP contribution in [0.1, 0.15) is 140 Å². The molecule has 0 spiro atoms. The number of benzene rings is 7. The molecule has 0 amide bonds. The normalized spacial score (nSPS) is 16.1. The predicted octanol–water partition coefficient (Wildman–Crippen LogP) is 16.9. The second kappa shape index (κ2) is 18.2. The van der Waals surface area contributed by atoms with Crippen LogP contribution in [0.2, 0.25) is 0 Å². The number of fused-ring (bicyclic) bond motifs is 4. The van der Waals surface area contributed by atoms with E-state index >= 15 is 0 Å². The Morgan fingerprint density at radius 3 is 1.25 bits per heavy atom. The van der Waals surface area contributed by atoms with Gasteiger partial charge in [0.15, 0.2) is 0 Å². The largest absolute Gasteiger partial charge is 0.311 e. The summed E-state index contributed by atoms with van der Waals surface area (Å²) in [6.07, 6.45) is 13.0. The van der Waals surface area contributed by atoms with Crippen molar-refractivity contribution in [2.75, 3.05) is 9.80 Å². The van der Waals surface area contributed by atoms with Crippen molar-refractivity contribution >= 4 is 57.2 Å². The highest BCUT2D eigenvalue weighted by Crippen LogP contribution is 2.48. The van der Waals surface area contributed by atoms with E-state index in [2.05, 4.69) is 221 Å². The van der Waals surface area contributed by atoms with Gasteiger partial charge in [-0.3, -0.25) is 0 Å². The Hall–Kier alpha value is -6.65. The molecule has 7 aromatic carbocycles. The molecule has 0 radical (unpaired) electrons. The average molecular weight is 926 g/mol. The molecule has 1 aromatic heterocycles. The summed E-state index contributed by atoms with van der Waals surface area (Å²) in [6, 6.07) is 65.3. The quantitative estimate of drug-likeness (QED) is 0.149. The number of rotatable bonds is 7. The Balaban J connectivity index is 1.17. The minimum absolute atomic E-state index is 0.0338. The molecule has 4 aliphatic rings. The van der Waals surface area contributed by atoms with Crippen LogP contribution in [-0.4, -0.2) is 11.7 Å². The van der Waals surface area contributed by atoms with E-state index in [0.29, 0.717) is 11.8 Å². The van der Waals surface area contributed by atoms with Gasteiger partial charge in [0.1, 0.15) is 0 Å². The smallest absolute Gasteiger partial charge is 0.252 e. The molecule has 2 fully saturated rings. The van der Waals surface area contributed by atoms with Crippen molar-refractivity contribution in [2.24, 2.45) is 0 Å². The minimum atomic E-state index is 0.0338. The van der Waals surface area contributed by atoms with Gasteiger partial charge in [-0.2, -0.15) is 0 Å². The van der Waals surface area contributed by atoms with Gasteiger partial charge in [0.25, 0.3) is 6.71 Å². The van der Waals surface area contributed by atoms with Crippen molar-refractivity contribution < 1.29 is 0 Å². The molecule has 2 aliphatic heterocycles. The van der Waals surface area contributed by atoms with Crippen LogP contribution in [0.25, 0.3) is 33.6 Å². The monoisotopic (exact) mass is 926 g/mol. The van der Waals surface area contributed by atoms with Crippen LogP contribution in [0.3, 0.4) is 0 Å². The molecule has 0 N–H and O–H groups in total. The maximum absolute atomic E-state index is 5.61. The van der Waals surface area contributed by atoms with Gasteiger partial charge in [0, 0.05) is 45.3 Å². The van der Waals surface area contributed by atoms with Crippen LogP contribution in [0, 0.1) is 0 Å². The van der Waals surface area contributed by atoms with Crippen LogP contribution >= 0.6 is 0 Å². The lowest BCUT2D eigenvalue weighted by Crippen LogP contribution is -2.61. The van der Waals surface area contributed by atoms with Gasteiger partial charge in [-0.15, -0.1) is 0 Å². The Labute approximate surface area is 424 Å². The van der Waals surface area contributed by atoms with E-state index in [1.165, 1.54) is 143 Å². The molecule has 12 rings (SSSR count). The minimum Gasteiger partial charge on any atom is -0.311 e. The number of hydrogen-bond donors (Lipinski definition) is 0. The summed E-state index contributed by atoms with van der Waals surface area (Å²) >= 11 is 0. The maximum atomic E-state index is 5.61. The second-order valence-electron chi connectivity index (χ2n) is 23.3. The molecular formula is C67H68BN3. The summed E-state index contributed by atoms with van der Waals surface area (Å²) in [4.78, 5) is 10.8. The van der Waals surface area contributed by atoms with Crippen molar-refractivity contribution in [1.29, 1.82) is 0 Å². The van der Waals surface area contributed by atoms with E-state index in [4.69, 9.17) is 4.98 Å². The molecule has 71 heavy (non-hydrogen) atoms. The Kier molecular flexibility index (Phi) is 11.7. The molecule has 0 saturated heterocycles. The Morgan fingerprint density at radius 2 is 0.817 bits per heavy atom. The van der Waals surface area contributed by atoms with E-state index < -0.39 is 0 Å². The van der Waals surface area contributed by atoms with Gasteiger partial charge < -0.3 is 9.80 Å². The molecule has 4 heteroatoms. The SMILES string of the molecule is CC(C)(C)c1ccc(N2c3ccc(C4CCCCC4)cc3B3c4cc(C5CCCCC5)ccc4N(c4ccc(C(C)(C)C)cc4)c4cc(-c5cc(-c6ccccc6)cc(-c6ccccc6)n5)cc2c43)cc1. The van der Waals surface area contributed by atoms with Crippen LogP contribution in [0.4, 0.5) is 34.1 Å². The average Bonchev–Trinajstić information content (AvgIpc) is 3.41. The topological polar surface area (TPSA) is 19.4 Å². The molecule has 0 unspecified atom stereocenters. The van der Waals surface area contributed by atoms with Gasteiger partial charge in [-0.1, -0.05) is 189 Å². The van der Waals surface area contributed by atoms with Crippen molar-refractivity contribution in [1.82, 2.24) is 4.98 Å². The van der Waals surface area contributed by atoms with Gasteiger partial charge in [-0.05, 0) is 159 Å². The van der Waals surface area contributed by atoms with Gasteiger partial charge in [-0.25, -0.2) is 4.98 Å². The van der Waals surface area contributed by atoms with Crippen LogP contribution in [0.5, 0.6) is 0 Å². The van der Waals surface area contributed by atoms with E-state index in [1.807, 2.05) is 0 Å². The Morgan fingerprint density at radius 1 is 0.394 bits per heavy atom. The van der Waals surface area contributed by atoms with Gasteiger partial charge in [0.05, 0.1) is 11.4 Å². The molecule has 0 atom stereocenters. The third-order valence-electron chi connectivity index (χ3n) is 16.5. The molecular weight excluding hydrogens is 858 g/mol. The van der Waals surface area contributed by atoms with Gasteiger partial charge >= 0.3 is 0 Å². The summed E-state index contributed by atoms with van der Waals surface area (Å²) in [7, 11) is 0. The highest BCUT2D eigenvalue weighted by atomic mass is 15.2. The van der Waals surface area contributed by atoms with Crippen molar-refractivity contribution in [2.45, 2.75) is 128 Å². The fraction of sp³-hybridized carbons (Fsp3) is 0.299. The first-order valence-electron chi connectivity index (χ1n) is 26.9. The fourth-order valence-corrected chi connectivity index (χ4v) is 12.6. The number of nitrogens with zero attached hydrogens (tertiary/aromatic N) is 3. The first-order valence-corrected chi connectivity index (χ1v) is 26.9. The third-order valence-corrected chi connectivity index (χ3v) is 16.5. The van der Waals surface area contributed by atoms with E-state index in [1.54, 1.807) is 0 Å². The van der Waals surface area contributed by atoms with Gasteiger partial charge in [0.2, 0.25) is 0 Å². The number of hydrogen-bond acceptors (Lipinski definition) is 3.